The first kappa shape index (κ1) is 15.4. The van der Waals surface area contributed by atoms with Crippen molar-refractivity contribution in [3.05, 3.63) is 24.8 Å². The Labute approximate surface area is 132 Å². The van der Waals surface area contributed by atoms with Gasteiger partial charge in [0.2, 0.25) is 0 Å². The van der Waals surface area contributed by atoms with Gasteiger partial charge in [-0.1, -0.05) is 44.9 Å². The van der Waals surface area contributed by atoms with Gasteiger partial charge >= 0.3 is 0 Å². The fourth-order valence-corrected chi connectivity index (χ4v) is 6.43. The van der Waals surface area contributed by atoms with Gasteiger partial charge in [-0.2, -0.15) is 0 Å². The van der Waals surface area contributed by atoms with Gasteiger partial charge in [-0.3, -0.25) is 0 Å². The highest BCUT2D eigenvalue weighted by atomic mass is 14.6. The van der Waals surface area contributed by atoms with Gasteiger partial charge in [0.1, 0.15) is 0 Å². The summed E-state index contributed by atoms with van der Waals surface area (Å²) in [6.45, 7) is 13.4. The van der Waals surface area contributed by atoms with Crippen LogP contribution in [0.5, 0.6) is 0 Å². The maximum Gasteiger partial charge on any atom is -0.00879 e. The highest BCUT2D eigenvalue weighted by Crippen LogP contribution is 2.63. The van der Waals surface area contributed by atoms with Gasteiger partial charge in [0, 0.05) is 0 Å². The second kappa shape index (κ2) is 5.94. The normalized spacial score (nSPS) is 46.0. The molecule has 0 N–H and O–H groups in total. The zero-order valence-corrected chi connectivity index (χ0v) is 14.2. The van der Waals surface area contributed by atoms with E-state index in [2.05, 4.69) is 33.1 Å². The minimum absolute atomic E-state index is 0.489. The lowest BCUT2D eigenvalue weighted by Gasteiger charge is -2.54. The molecular formula is C21H34. The summed E-state index contributed by atoms with van der Waals surface area (Å²) in [7, 11) is 0. The molecule has 0 radical (unpaired) electrons. The largest absolute Gasteiger partial charge is 0.103 e. The number of hydrogen-bond acceptors (Lipinski definition) is 0. The van der Waals surface area contributed by atoms with E-state index < -0.39 is 0 Å². The molecule has 0 spiro atoms. The standard InChI is InChI=1S/C21H34/c1-5-7-16-10-11-19-18(17(16)8-6-2)13-14-21(4)15(3)9-12-20(19)21/h5,16-20H,1,3,6-14H2,2,4H3. The summed E-state index contributed by atoms with van der Waals surface area (Å²) in [4.78, 5) is 0. The van der Waals surface area contributed by atoms with Gasteiger partial charge in [0.25, 0.3) is 0 Å². The molecular weight excluding hydrogens is 252 g/mol. The zero-order valence-electron chi connectivity index (χ0n) is 14.2. The van der Waals surface area contributed by atoms with Crippen LogP contribution in [-0.2, 0) is 0 Å². The van der Waals surface area contributed by atoms with Crippen LogP contribution in [0.1, 0.15) is 71.6 Å². The molecule has 0 aromatic carbocycles. The quantitative estimate of drug-likeness (QED) is 0.525. The summed E-state index contributed by atoms with van der Waals surface area (Å²) in [5.41, 5.74) is 2.06. The van der Waals surface area contributed by atoms with Crippen molar-refractivity contribution in [2.45, 2.75) is 71.6 Å². The molecule has 0 saturated heterocycles. The Morgan fingerprint density at radius 1 is 1.19 bits per heavy atom. The number of rotatable bonds is 4. The molecule has 0 amide bonds. The highest BCUT2D eigenvalue weighted by Gasteiger charge is 2.53. The lowest BCUT2D eigenvalue weighted by Crippen LogP contribution is -2.46. The molecule has 3 aliphatic rings. The van der Waals surface area contributed by atoms with Crippen molar-refractivity contribution in [2.75, 3.05) is 0 Å². The van der Waals surface area contributed by atoms with E-state index in [0.29, 0.717) is 5.41 Å². The van der Waals surface area contributed by atoms with E-state index in [1.54, 1.807) is 5.57 Å². The maximum atomic E-state index is 4.43. The smallest absolute Gasteiger partial charge is 0.00879 e. The topological polar surface area (TPSA) is 0 Å². The van der Waals surface area contributed by atoms with E-state index in [1.807, 2.05) is 0 Å². The predicted molar refractivity (Wildman–Crippen MR) is 92.1 cm³/mol. The van der Waals surface area contributed by atoms with Crippen LogP contribution in [0.4, 0.5) is 0 Å². The van der Waals surface area contributed by atoms with Crippen molar-refractivity contribution in [2.24, 2.45) is 35.0 Å². The van der Waals surface area contributed by atoms with Crippen molar-refractivity contribution in [1.82, 2.24) is 0 Å². The summed E-state index contributed by atoms with van der Waals surface area (Å²) in [5.74, 6) is 4.86. The third kappa shape index (κ3) is 2.43. The molecule has 3 saturated carbocycles. The van der Waals surface area contributed by atoms with Gasteiger partial charge in [-0.15, -0.1) is 6.58 Å². The first-order chi connectivity index (χ1) is 10.1. The molecule has 0 aromatic rings. The van der Waals surface area contributed by atoms with E-state index in [1.165, 1.54) is 57.8 Å². The number of allylic oxidation sites excluding steroid dienone is 2. The molecule has 3 rings (SSSR count). The van der Waals surface area contributed by atoms with Crippen LogP contribution in [0.15, 0.2) is 24.8 Å². The Morgan fingerprint density at radius 3 is 2.71 bits per heavy atom. The molecule has 0 aromatic heterocycles. The first-order valence-electron chi connectivity index (χ1n) is 9.41. The van der Waals surface area contributed by atoms with Crippen LogP contribution in [0.2, 0.25) is 0 Å². The third-order valence-electron chi connectivity index (χ3n) is 7.56. The summed E-state index contributed by atoms with van der Waals surface area (Å²) >= 11 is 0. The Balaban J connectivity index is 1.82. The fourth-order valence-electron chi connectivity index (χ4n) is 6.43. The minimum atomic E-state index is 0.489. The molecule has 0 heteroatoms. The first-order valence-corrected chi connectivity index (χ1v) is 9.41. The van der Waals surface area contributed by atoms with E-state index in [0.717, 1.165) is 29.6 Å². The SMILES string of the molecule is C=CCC1CCC2C(CCC3(C)C(=C)CCC23)C1CCC. The highest BCUT2D eigenvalue weighted by molar-refractivity contribution is 5.20. The van der Waals surface area contributed by atoms with Crippen molar-refractivity contribution in [3.63, 3.8) is 0 Å². The summed E-state index contributed by atoms with van der Waals surface area (Å²) in [6, 6.07) is 0. The second-order valence-corrected chi connectivity index (χ2v) is 8.35. The number of fused-ring (bicyclic) bond motifs is 3. The van der Waals surface area contributed by atoms with Crippen LogP contribution in [0, 0.1) is 35.0 Å². The molecule has 0 heterocycles. The molecule has 6 unspecified atom stereocenters. The van der Waals surface area contributed by atoms with Gasteiger partial charge in [-0.25, -0.2) is 0 Å². The Hall–Kier alpha value is -0.520. The van der Waals surface area contributed by atoms with Gasteiger partial charge in [0.05, 0.1) is 0 Å². The van der Waals surface area contributed by atoms with Gasteiger partial charge in [0.15, 0.2) is 0 Å². The zero-order chi connectivity index (χ0) is 15.0. The molecule has 0 aliphatic heterocycles. The monoisotopic (exact) mass is 286 g/mol. The van der Waals surface area contributed by atoms with E-state index in [-0.39, 0.29) is 0 Å². The van der Waals surface area contributed by atoms with Crippen LogP contribution in [0.3, 0.4) is 0 Å². The second-order valence-electron chi connectivity index (χ2n) is 8.35. The van der Waals surface area contributed by atoms with Crippen molar-refractivity contribution >= 4 is 0 Å². The average molecular weight is 287 g/mol. The van der Waals surface area contributed by atoms with Gasteiger partial charge < -0.3 is 0 Å². The Morgan fingerprint density at radius 2 is 2.00 bits per heavy atom. The lowest BCUT2D eigenvalue weighted by atomic mass is 9.51. The van der Waals surface area contributed by atoms with E-state index in [9.17, 15) is 0 Å². The summed E-state index contributed by atoms with van der Waals surface area (Å²) in [6.07, 6.45) is 14.8. The molecule has 3 fully saturated rings. The van der Waals surface area contributed by atoms with Crippen LogP contribution < -0.4 is 0 Å². The molecule has 0 nitrogen and oxygen atoms in total. The number of hydrogen-bond donors (Lipinski definition) is 0. The third-order valence-corrected chi connectivity index (χ3v) is 7.56. The molecule has 3 aliphatic carbocycles. The predicted octanol–water partition coefficient (Wildman–Crippen LogP) is 6.39. The fraction of sp³-hybridized carbons (Fsp3) is 0.810. The minimum Gasteiger partial charge on any atom is -0.103 e. The van der Waals surface area contributed by atoms with Crippen LogP contribution in [0.25, 0.3) is 0 Å². The van der Waals surface area contributed by atoms with Crippen LogP contribution in [-0.4, -0.2) is 0 Å². The summed E-state index contributed by atoms with van der Waals surface area (Å²) < 4.78 is 0. The van der Waals surface area contributed by atoms with Gasteiger partial charge in [-0.05, 0) is 80.0 Å². The van der Waals surface area contributed by atoms with Crippen LogP contribution >= 0.6 is 0 Å². The van der Waals surface area contributed by atoms with E-state index in [4.69, 9.17) is 0 Å². The molecule has 0 bridgehead atoms. The maximum absolute atomic E-state index is 4.43. The summed E-state index contributed by atoms with van der Waals surface area (Å²) in [5, 5.41) is 0. The van der Waals surface area contributed by atoms with E-state index >= 15 is 0 Å². The Kier molecular flexibility index (Phi) is 4.35. The average Bonchev–Trinajstić information content (AvgIpc) is 2.78. The molecule has 118 valence electrons. The molecule has 21 heavy (non-hydrogen) atoms. The van der Waals surface area contributed by atoms with Crippen molar-refractivity contribution in [1.29, 1.82) is 0 Å². The molecule has 6 atom stereocenters. The van der Waals surface area contributed by atoms with Crippen molar-refractivity contribution in [3.8, 4) is 0 Å². The van der Waals surface area contributed by atoms with Crippen molar-refractivity contribution < 1.29 is 0 Å². The lowest BCUT2D eigenvalue weighted by molar-refractivity contribution is -0.0290. The Bertz CT molecular complexity index is 406.